The highest BCUT2D eigenvalue weighted by atomic mass is 16.6. The molecule has 0 N–H and O–H groups in total. The molecule has 0 aromatic heterocycles. The molecule has 2 aliphatic rings. The highest BCUT2D eigenvalue weighted by Crippen LogP contribution is 2.30. The predicted octanol–water partition coefficient (Wildman–Crippen LogP) is 1.37. The Balaban J connectivity index is 1.60. The molecule has 2 aliphatic heterocycles. The number of hydrogen-bond acceptors (Lipinski definition) is 4. The van der Waals surface area contributed by atoms with Crippen molar-refractivity contribution in [1.29, 1.82) is 0 Å². The Morgan fingerprint density at radius 3 is 2.81 bits per heavy atom. The summed E-state index contributed by atoms with van der Waals surface area (Å²) in [5, 5.41) is 0. The van der Waals surface area contributed by atoms with Gasteiger partial charge in [0.05, 0.1) is 19.8 Å². The zero-order chi connectivity index (χ0) is 10.8. The third-order valence-electron chi connectivity index (χ3n) is 2.58. The van der Waals surface area contributed by atoms with Crippen molar-refractivity contribution < 1.29 is 18.9 Å². The fourth-order valence-corrected chi connectivity index (χ4v) is 1.65. The zero-order valence-electron chi connectivity index (χ0n) is 8.98. The van der Waals surface area contributed by atoms with Crippen LogP contribution in [0.15, 0.2) is 18.2 Å². The maximum Gasteiger partial charge on any atom is 0.161 e. The predicted molar refractivity (Wildman–Crippen MR) is 56.8 cm³/mol. The molecule has 0 aliphatic carbocycles. The Morgan fingerprint density at radius 1 is 1.19 bits per heavy atom. The third kappa shape index (κ3) is 2.28. The van der Waals surface area contributed by atoms with Crippen LogP contribution in [0.5, 0.6) is 11.5 Å². The van der Waals surface area contributed by atoms with Crippen molar-refractivity contribution >= 4 is 0 Å². The standard InChI is InChI=1S/C12H14O4/c1-2-11-12(15-4-3-14-11)5-9(1)6-13-7-10-8-16-10/h1-2,5,10H,3-4,6-8H2/t10-/m0/s1. The van der Waals surface area contributed by atoms with E-state index in [2.05, 4.69) is 0 Å². The fraction of sp³-hybridized carbons (Fsp3) is 0.500. The molecule has 2 heterocycles. The number of benzene rings is 1. The minimum absolute atomic E-state index is 0.317. The Hall–Kier alpha value is -1.26. The molecule has 4 heteroatoms. The molecule has 3 rings (SSSR count). The van der Waals surface area contributed by atoms with Crippen LogP contribution in [0, 0.1) is 0 Å². The lowest BCUT2D eigenvalue weighted by atomic mass is 10.2. The summed E-state index contributed by atoms with van der Waals surface area (Å²) in [6.07, 6.45) is 0.317. The maximum absolute atomic E-state index is 5.51. The summed E-state index contributed by atoms with van der Waals surface area (Å²) in [5.41, 5.74) is 1.10. The number of hydrogen-bond donors (Lipinski definition) is 0. The molecule has 4 nitrogen and oxygen atoms in total. The largest absolute Gasteiger partial charge is 0.486 e. The first-order chi connectivity index (χ1) is 7.92. The second-order valence-electron chi connectivity index (χ2n) is 3.95. The summed E-state index contributed by atoms with van der Waals surface area (Å²) < 4.78 is 21.5. The number of rotatable bonds is 4. The molecule has 0 amide bonds. The summed E-state index contributed by atoms with van der Waals surface area (Å²) in [6, 6.07) is 5.91. The molecular formula is C12H14O4. The smallest absolute Gasteiger partial charge is 0.161 e. The average molecular weight is 222 g/mol. The van der Waals surface area contributed by atoms with E-state index in [1.54, 1.807) is 0 Å². The van der Waals surface area contributed by atoms with E-state index < -0.39 is 0 Å². The maximum atomic E-state index is 5.51. The number of fused-ring (bicyclic) bond motifs is 1. The van der Waals surface area contributed by atoms with Gasteiger partial charge in [0.2, 0.25) is 0 Å². The quantitative estimate of drug-likeness (QED) is 0.721. The van der Waals surface area contributed by atoms with Gasteiger partial charge in [-0.2, -0.15) is 0 Å². The molecule has 1 aromatic carbocycles. The van der Waals surface area contributed by atoms with Gasteiger partial charge in [-0.15, -0.1) is 0 Å². The van der Waals surface area contributed by atoms with Crippen LogP contribution in [0.1, 0.15) is 5.56 Å². The molecule has 0 radical (unpaired) electrons. The van der Waals surface area contributed by atoms with Crippen molar-refractivity contribution in [3.63, 3.8) is 0 Å². The molecule has 1 fully saturated rings. The van der Waals surface area contributed by atoms with E-state index in [1.807, 2.05) is 18.2 Å². The van der Waals surface area contributed by atoms with E-state index in [0.717, 1.165) is 23.7 Å². The Kier molecular flexibility index (Phi) is 2.68. The lowest BCUT2D eigenvalue weighted by molar-refractivity contribution is 0.103. The van der Waals surface area contributed by atoms with Gasteiger partial charge < -0.3 is 18.9 Å². The van der Waals surface area contributed by atoms with Gasteiger partial charge in [0.15, 0.2) is 11.5 Å². The van der Waals surface area contributed by atoms with Crippen molar-refractivity contribution in [2.75, 3.05) is 26.4 Å². The van der Waals surface area contributed by atoms with Crippen molar-refractivity contribution in [3.05, 3.63) is 23.8 Å². The van der Waals surface area contributed by atoms with E-state index in [9.17, 15) is 0 Å². The third-order valence-corrected chi connectivity index (χ3v) is 2.58. The summed E-state index contributed by atoms with van der Waals surface area (Å²) in [6.45, 7) is 3.35. The van der Waals surface area contributed by atoms with Gasteiger partial charge >= 0.3 is 0 Å². The van der Waals surface area contributed by atoms with Gasteiger partial charge in [-0.3, -0.25) is 0 Å². The highest BCUT2D eigenvalue weighted by Gasteiger charge is 2.22. The van der Waals surface area contributed by atoms with E-state index in [1.165, 1.54) is 0 Å². The van der Waals surface area contributed by atoms with Crippen LogP contribution < -0.4 is 9.47 Å². The first-order valence-electron chi connectivity index (χ1n) is 5.50. The summed E-state index contributed by atoms with van der Waals surface area (Å²) >= 11 is 0. The lowest BCUT2D eigenvalue weighted by Crippen LogP contribution is -2.15. The first-order valence-corrected chi connectivity index (χ1v) is 5.50. The van der Waals surface area contributed by atoms with Crippen molar-refractivity contribution in [3.8, 4) is 11.5 Å². The van der Waals surface area contributed by atoms with Crippen molar-refractivity contribution in [1.82, 2.24) is 0 Å². The highest BCUT2D eigenvalue weighted by molar-refractivity contribution is 5.43. The molecule has 0 saturated carbocycles. The van der Waals surface area contributed by atoms with Crippen LogP contribution in [0.3, 0.4) is 0 Å². The van der Waals surface area contributed by atoms with Gasteiger partial charge in [0.1, 0.15) is 19.3 Å². The van der Waals surface area contributed by atoms with Gasteiger partial charge in [0.25, 0.3) is 0 Å². The molecule has 1 atom stereocenters. The lowest BCUT2D eigenvalue weighted by Gasteiger charge is -2.18. The van der Waals surface area contributed by atoms with Crippen LogP contribution >= 0.6 is 0 Å². The molecule has 0 spiro atoms. The summed E-state index contributed by atoms with van der Waals surface area (Å²) in [4.78, 5) is 0. The first kappa shape index (κ1) is 9.93. The van der Waals surface area contributed by atoms with E-state index in [0.29, 0.717) is 32.5 Å². The molecule has 86 valence electrons. The molecule has 16 heavy (non-hydrogen) atoms. The van der Waals surface area contributed by atoms with Crippen LogP contribution in [0.25, 0.3) is 0 Å². The van der Waals surface area contributed by atoms with Gasteiger partial charge in [-0.05, 0) is 17.7 Å². The molecular weight excluding hydrogens is 208 g/mol. The second-order valence-corrected chi connectivity index (χ2v) is 3.95. The Morgan fingerprint density at radius 2 is 2.00 bits per heavy atom. The fourth-order valence-electron chi connectivity index (χ4n) is 1.65. The van der Waals surface area contributed by atoms with Crippen LogP contribution in [-0.2, 0) is 16.1 Å². The minimum atomic E-state index is 0.317. The van der Waals surface area contributed by atoms with E-state index in [-0.39, 0.29) is 0 Å². The molecule has 1 saturated heterocycles. The van der Waals surface area contributed by atoms with Gasteiger partial charge in [-0.1, -0.05) is 6.07 Å². The molecule has 0 unspecified atom stereocenters. The Labute approximate surface area is 94.1 Å². The van der Waals surface area contributed by atoms with Crippen LogP contribution in [0.2, 0.25) is 0 Å². The summed E-state index contributed by atoms with van der Waals surface area (Å²) in [7, 11) is 0. The van der Waals surface area contributed by atoms with Crippen molar-refractivity contribution in [2.45, 2.75) is 12.7 Å². The Bertz CT molecular complexity index is 373. The normalized spacial score (nSPS) is 21.9. The zero-order valence-corrected chi connectivity index (χ0v) is 8.98. The SMILES string of the molecule is c1cc2c(cc1COC[C@H]1CO1)OCCO2. The number of epoxide rings is 1. The topological polar surface area (TPSA) is 40.2 Å². The van der Waals surface area contributed by atoms with Gasteiger partial charge in [-0.25, -0.2) is 0 Å². The molecule has 1 aromatic rings. The van der Waals surface area contributed by atoms with Crippen LogP contribution in [-0.4, -0.2) is 32.5 Å². The minimum Gasteiger partial charge on any atom is -0.486 e. The average Bonchev–Trinajstić information content (AvgIpc) is 3.13. The van der Waals surface area contributed by atoms with E-state index in [4.69, 9.17) is 18.9 Å². The van der Waals surface area contributed by atoms with Gasteiger partial charge in [0, 0.05) is 0 Å². The van der Waals surface area contributed by atoms with Crippen LogP contribution in [0.4, 0.5) is 0 Å². The summed E-state index contributed by atoms with van der Waals surface area (Å²) in [5.74, 6) is 1.63. The van der Waals surface area contributed by atoms with E-state index >= 15 is 0 Å². The van der Waals surface area contributed by atoms with Crippen molar-refractivity contribution in [2.24, 2.45) is 0 Å². The second kappa shape index (κ2) is 4.31. The monoisotopic (exact) mass is 222 g/mol. The number of ether oxygens (including phenoxy) is 4. The molecule has 0 bridgehead atoms.